The Kier molecular flexibility index (Phi) is 6.85. The molecule has 1 unspecified atom stereocenters. The second kappa shape index (κ2) is 8.68. The van der Waals surface area contributed by atoms with Crippen LogP contribution >= 0.6 is 0 Å². The molecular formula is C20H31NO4. The van der Waals surface area contributed by atoms with Crippen LogP contribution < -0.4 is 0 Å². The van der Waals surface area contributed by atoms with E-state index in [0.29, 0.717) is 39.5 Å². The largest absolute Gasteiger partial charge is 0.444 e. The molecular weight excluding hydrogens is 318 g/mol. The van der Waals surface area contributed by atoms with Gasteiger partial charge in [-0.1, -0.05) is 30.3 Å². The van der Waals surface area contributed by atoms with E-state index in [1.54, 1.807) is 4.90 Å². The van der Waals surface area contributed by atoms with E-state index in [1.807, 2.05) is 45.9 Å². The van der Waals surface area contributed by atoms with Crippen molar-refractivity contribution in [2.24, 2.45) is 5.41 Å². The van der Waals surface area contributed by atoms with Crippen LogP contribution in [0.25, 0.3) is 0 Å². The Bertz CT molecular complexity index is 540. The molecule has 1 fully saturated rings. The highest BCUT2D eigenvalue weighted by atomic mass is 16.6. The first-order chi connectivity index (χ1) is 11.8. The topological polar surface area (TPSA) is 48.0 Å². The van der Waals surface area contributed by atoms with E-state index >= 15 is 0 Å². The average Bonchev–Trinajstić information content (AvgIpc) is 2.97. The summed E-state index contributed by atoms with van der Waals surface area (Å²) in [6, 6.07) is 10.1. The molecule has 0 bridgehead atoms. The lowest BCUT2D eigenvalue weighted by Crippen LogP contribution is -2.40. The van der Waals surface area contributed by atoms with E-state index in [2.05, 4.69) is 12.1 Å². The van der Waals surface area contributed by atoms with E-state index in [1.165, 1.54) is 0 Å². The van der Waals surface area contributed by atoms with Crippen LogP contribution in [0.15, 0.2) is 30.3 Å². The summed E-state index contributed by atoms with van der Waals surface area (Å²) in [7, 11) is 0. The van der Waals surface area contributed by atoms with Gasteiger partial charge in [0.2, 0.25) is 0 Å². The average molecular weight is 349 g/mol. The molecule has 0 spiro atoms. The molecule has 0 radical (unpaired) electrons. The van der Waals surface area contributed by atoms with E-state index < -0.39 is 5.60 Å². The molecule has 1 amide bonds. The zero-order chi connectivity index (χ0) is 18.3. The SMILES string of the molecule is CCOCC1(COCc2ccccc2)CCN(C(=O)OC(C)(C)C)C1. The van der Waals surface area contributed by atoms with Crippen LogP contribution in [0.1, 0.15) is 39.7 Å². The summed E-state index contributed by atoms with van der Waals surface area (Å²) in [4.78, 5) is 14.1. The Morgan fingerprint density at radius 3 is 2.48 bits per heavy atom. The minimum Gasteiger partial charge on any atom is -0.444 e. The van der Waals surface area contributed by atoms with Crippen molar-refractivity contribution in [2.45, 2.75) is 46.3 Å². The summed E-state index contributed by atoms with van der Waals surface area (Å²) >= 11 is 0. The lowest BCUT2D eigenvalue weighted by Gasteiger charge is -2.29. The third-order valence-electron chi connectivity index (χ3n) is 4.22. The highest BCUT2D eigenvalue weighted by Gasteiger charge is 2.41. The van der Waals surface area contributed by atoms with Crippen LogP contribution in [-0.2, 0) is 20.8 Å². The highest BCUT2D eigenvalue weighted by molar-refractivity contribution is 5.68. The molecule has 1 aliphatic heterocycles. The zero-order valence-corrected chi connectivity index (χ0v) is 15.9. The quantitative estimate of drug-likeness (QED) is 0.750. The number of rotatable bonds is 7. The zero-order valence-electron chi connectivity index (χ0n) is 15.9. The first-order valence-electron chi connectivity index (χ1n) is 9.01. The predicted molar refractivity (Wildman–Crippen MR) is 97.4 cm³/mol. The molecule has 5 nitrogen and oxygen atoms in total. The van der Waals surface area contributed by atoms with Gasteiger partial charge in [0.1, 0.15) is 5.60 Å². The number of amides is 1. The van der Waals surface area contributed by atoms with Crippen LogP contribution in [0.3, 0.4) is 0 Å². The van der Waals surface area contributed by atoms with Gasteiger partial charge in [0.25, 0.3) is 0 Å². The van der Waals surface area contributed by atoms with Crippen molar-refractivity contribution >= 4 is 6.09 Å². The van der Waals surface area contributed by atoms with Crippen molar-refractivity contribution in [2.75, 3.05) is 32.9 Å². The number of carbonyl (C=O) groups is 1. The van der Waals surface area contributed by atoms with Gasteiger partial charge in [-0.15, -0.1) is 0 Å². The van der Waals surface area contributed by atoms with Crippen molar-refractivity contribution < 1.29 is 19.0 Å². The second-order valence-corrected chi connectivity index (χ2v) is 7.77. The summed E-state index contributed by atoms with van der Waals surface area (Å²) in [5.41, 5.74) is 0.504. The van der Waals surface area contributed by atoms with Crippen molar-refractivity contribution in [1.82, 2.24) is 4.90 Å². The van der Waals surface area contributed by atoms with Crippen LogP contribution in [-0.4, -0.2) is 49.5 Å². The first kappa shape index (κ1) is 19.7. The number of nitrogens with zero attached hydrogens (tertiary/aromatic N) is 1. The van der Waals surface area contributed by atoms with Crippen molar-refractivity contribution in [3.63, 3.8) is 0 Å². The van der Waals surface area contributed by atoms with Crippen molar-refractivity contribution in [1.29, 1.82) is 0 Å². The number of benzene rings is 1. The summed E-state index contributed by atoms with van der Waals surface area (Å²) < 4.78 is 17.2. The molecule has 1 atom stereocenters. The summed E-state index contributed by atoms with van der Waals surface area (Å²) in [6.07, 6.45) is 0.607. The lowest BCUT2D eigenvalue weighted by molar-refractivity contribution is -0.0226. The lowest BCUT2D eigenvalue weighted by atomic mass is 9.89. The fourth-order valence-electron chi connectivity index (χ4n) is 2.97. The molecule has 1 aliphatic rings. The maximum Gasteiger partial charge on any atom is 0.410 e. The van der Waals surface area contributed by atoms with Gasteiger partial charge in [-0.3, -0.25) is 0 Å². The Labute approximate surface area is 151 Å². The van der Waals surface area contributed by atoms with Gasteiger partial charge >= 0.3 is 6.09 Å². The smallest absolute Gasteiger partial charge is 0.410 e. The first-order valence-corrected chi connectivity index (χ1v) is 9.01. The highest BCUT2D eigenvalue weighted by Crippen LogP contribution is 2.32. The molecule has 2 rings (SSSR count). The maximum atomic E-state index is 12.3. The molecule has 0 N–H and O–H groups in total. The van der Waals surface area contributed by atoms with Crippen molar-refractivity contribution in [3.05, 3.63) is 35.9 Å². The Morgan fingerprint density at radius 1 is 1.16 bits per heavy atom. The number of hydrogen-bond donors (Lipinski definition) is 0. The van der Waals surface area contributed by atoms with Crippen molar-refractivity contribution in [3.8, 4) is 0 Å². The number of hydrogen-bond acceptors (Lipinski definition) is 4. The number of carbonyl (C=O) groups excluding carboxylic acids is 1. The normalized spacial score (nSPS) is 20.7. The summed E-state index contributed by atoms with van der Waals surface area (Å²) in [6.45, 7) is 11.3. The molecule has 0 aliphatic carbocycles. The number of ether oxygens (including phenoxy) is 3. The number of likely N-dealkylation sites (tertiary alicyclic amines) is 1. The molecule has 0 saturated carbocycles. The van der Waals surface area contributed by atoms with Crippen LogP contribution in [0.5, 0.6) is 0 Å². The molecule has 1 aromatic rings. The fourth-order valence-corrected chi connectivity index (χ4v) is 2.97. The van der Waals surface area contributed by atoms with Gasteiger partial charge < -0.3 is 19.1 Å². The maximum absolute atomic E-state index is 12.3. The molecule has 140 valence electrons. The summed E-state index contributed by atoms with van der Waals surface area (Å²) in [5, 5.41) is 0. The molecule has 1 heterocycles. The Hall–Kier alpha value is -1.59. The monoisotopic (exact) mass is 349 g/mol. The fraction of sp³-hybridized carbons (Fsp3) is 0.650. The molecule has 25 heavy (non-hydrogen) atoms. The molecule has 1 aromatic carbocycles. The van der Waals surface area contributed by atoms with Gasteiger partial charge in [0, 0.05) is 25.1 Å². The minimum absolute atomic E-state index is 0.165. The van der Waals surface area contributed by atoms with Gasteiger partial charge in [0.05, 0.1) is 19.8 Å². The Balaban J connectivity index is 1.92. The third kappa shape index (κ3) is 6.33. The van der Waals surface area contributed by atoms with Gasteiger partial charge in [0.15, 0.2) is 0 Å². The summed E-state index contributed by atoms with van der Waals surface area (Å²) in [5.74, 6) is 0. The van der Waals surface area contributed by atoms with E-state index in [9.17, 15) is 4.79 Å². The van der Waals surface area contributed by atoms with Crippen LogP contribution in [0.4, 0.5) is 4.79 Å². The van der Waals surface area contributed by atoms with Crippen LogP contribution in [0.2, 0.25) is 0 Å². The molecule has 5 heteroatoms. The van der Waals surface area contributed by atoms with Gasteiger partial charge in [-0.05, 0) is 39.7 Å². The third-order valence-corrected chi connectivity index (χ3v) is 4.22. The Morgan fingerprint density at radius 2 is 1.84 bits per heavy atom. The minimum atomic E-state index is -0.480. The second-order valence-electron chi connectivity index (χ2n) is 7.77. The molecule has 0 aromatic heterocycles. The van der Waals surface area contributed by atoms with E-state index in [0.717, 1.165) is 12.0 Å². The van der Waals surface area contributed by atoms with E-state index in [4.69, 9.17) is 14.2 Å². The van der Waals surface area contributed by atoms with E-state index in [-0.39, 0.29) is 11.5 Å². The van der Waals surface area contributed by atoms with Gasteiger partial charge in [-0.2, -0.15) is 0 Å². The standard InChI is InChI=1S/C20H31NO4/c1-5-23-15-20(16-24-13-17-9-7-6-8-10-17)11-12-21(14-20)18(22)25-19(2,3)4/h6-10H,5,11-16H2,1-4H3. The van der Waals surface area contributed by atoms with Gasteiger partial charge in [-0.25, -0.2) is 4.79 Å². The molecule has 1 saturated heterocycles. The predicted octanol–water partition coefficient (Wildman–Crippen LogP) is 3.87. The van der Waals surface area contributed by atoms with Crippen LogP contribution in [0, 0.1) is 5.41 Å².